The lowest BCUT2D eigenvalue weighted by Crippen LogP contribution is -2.17. The van der Waals surface area contributed by atoms with Gasteiger partial charge in [0, 0.05) is 46.1 Å². The van der Waals surface area contributed by atoms with Gasteiger partial charge in [-0.2, -0.15) is 0 Å². The summed E-state index contributed by atoms with van der Waals surface area (Å²) in [7, 11) is 1.65. The number of hydrogen-bond acceptors (Lipinski definition) is 4. The van der Waals surface area contributed by atoms with Crippen LogP contribution >= 0.6 is 27.5 Å². The number of aromatic nitrogens is 2. The van der Waals surface area contributed by atoms with Crippen molar-refractivity contribution in [3.8, 4) is 11.5 Å². The van der Waals surface area contributed by atoms with Crippen molar-refractivity contribution in [2.45, 2.75) is 26.1 Å². The van der Waals surface area contributed by atoms with Crippen LogP contribution in [0.1, 0.15) is 17.5 Å². The van der Waals surface area contributed by atoms with E-state index in [0.29, 0.717) is 23.9 Å². The highest BCUT2D eigenvalue weighted by Crippen LogP contribution is 2.37. The van der Waals surface area contributed by atoms with E-state index in [-0.39, 0.29) is 0 Å². The molecule has 0 unspecified atom stereocenters. The highest BCUT2D eigenvalue weighted by Gasteiger charge is 2.15. The molecule has 2 aromatic carbocycles. The van der Waals surface area contributed by atoms with E-state index in [1.54, 1.807) is 13.3 Å². The Labute approximate surface area is 178 Å². The molecule has 0 spiro atoms. The van der Waals surface area contributed by atoms with Crippen LogP contribution in [0.15, 0.2) is 59.6 Å². The van der Waals surface area contributed by atoms with Crippen LogP contribution in [0.4, 0.5) is 0 Å². The first kappa shape index (κ1) is 20.7. The molecule has 1 heterocycles. The Morgan fingerprint density at radius 1 is 1.21 bits per heavy atom. The van der Waals surface area contributed by atoms with Crippen molar-refractivity contribution in [3.05, 3.63) is 75.7 Å². The summed E-state index contributed by atoms with van der Waals surface area (Å²) in [5, 5.41) is 4.17. The average molecular weight is 465 g/mol. The number of hydrogen-bond donors (Lipinski definition) is 1. The summed E-state index contributed by atoms with van der Waals surface area (Å²) in [4.78, 5) is 4.06. The van der Waals surface area contributed by atoms with E-state index in [9.17, 15) is 0 Å². The predicted molar refractivity (Wildman–Crippen MR) is 115 cm³/mol. The smallest absolute Gasteiger partial charge is 0.167 e. The van der Waals surface area contributed by atoms with Gasteiger partial charge in [0.25, 0.3) is 0 Å². The van der Waals surface area contributed by atoms with E-state index in [4.69, 9.17) is 21.1 Å². The summed E-state index contributed by atoms with van der Waals surface area (Å²) >= 11 is 9.89. The third-order valence-electron chi connectivity index (χ3n) is 4.35. The Bertz CT molecular complexity index is 887. The molecule has 1 aromatic heterocycles. The fourth-order valence-electron chi connectivity index (χ4n) is 2.85. The zero-order valence-electron chi connectivity index (χ0n) is 15.7. The van der Waals surface area contributed by atoms with E-state index < -0.39 is 0 Å². The number of nitrogens with one attached hydrogen (secondary N) is 1. The molecule has 0 bridgehead atoms. The molecule has 0 atom stereocenters. The van der Waals surface area contributed by atoms with E-state index >= 15 is 0 Å². The maximum Gasteiger partial charge on any atom is 0.167 e. The normalized spacial score (nSPS) is 10.8. The topological polar surface area (TPSA) is 48.3 Å². The van der Waals surface area contributed by atoms with Gasteiger partial charge in [-0.05, 0) is 31.2 Å². The van der Waals surface area contributed by atoms with E-state index in [0.717, 1.165) is 40.9 Å². The average Bonchev–Trinajstić information content (AvgIpc) is 3.22. The summed E-state index contributed by atoms with van der Waals surface area (Å²) in [5.74, 6) is 1.42. The Hall–Kier alpha value is -2.02. The lowest BCUT2D eigenvalue weighted by Gasteiger charge is -2.17. The summed E-state index contributed by atoms with van der Waals surface area (Å²) in [6.07, 6.45) is 6.61. The first-order valence-electron chi connectivity index (χ1n) is 9.07. The molecule has 1 N–H and O–H groups in total. The molecule has 5 nitrogen and oxygen atoms in total. The SMILES string of the molecule is COc1ccc(Br)c(CNCCCn2ccnc2)c1OCc1ccccc1Cl. The number of benzene rings is 2. The molecule has 3 rings (SSSR count). The fourth-order valence-corrected chi connectivity index (χ4v) is 3.49. The number of imidazole rings is 1. The van der Waals surface area contributed by atoms with Gasteiger partial charge in [-0.25, -0.2) is 4.98 Å². The predicted octanol–water partition coefficient (Wildman–Crippen LogP) is 5.07. The molecular weight excluding hydrogens is 442 g/mol. The summed E-state index contributed by atoms with van der Waals surface area (Å²) in [5.41, 5.74) is 1.96. The molecule has 28 heavy (non-hydrogen) atoms. The fraction of sp³-hybridized carbons (Fsp3) is 0.286. The number of ether oxygens (including phenoxy) is 2. The van der Waals surface area contributed by atoms with Crippen LogP contribution in [0.2, 0.25) is 5.02 Å². The number of rotatable bonds is 10. The molecule has 0 radical (unpaired) electrons. The van der Waals surface area contributed by atoms with Crippen molar-refractivity contribution in [1.29, 1.82) is 0 Å². The number of aryl methyl sites for hydroxylation is 1. The molecule has 0 aliphatic heterocycles. The summed E-state index contributed by atoms with van der Waals surface area (Å²) in [6, 6.07) is 11.6. The largest absolute Gasteiger partial charge is 0.493 e. The number of methoxy groups -OCH3 is 1. The summed E-state index contributed by atoms with van der Waals surface area (Å²) < 4.78 is 14.7. The van der Waals surface area contributed by atoms with E-state index in [1.165, 1.54) is 0 Å². The molecule has 0 aliphatic rings. The van der Waals surface area contributed by atoms with Crippen molar-refractivity contribution < 1.29 is 9.47 Å². The standard InChI is InChI=1S/C21H23BrClN3O2/c1-27-20-8-7-18(22)17(13-24-9-4-11-26-12-10-25-15-26)21(20)28-14-16-5-2-3-6-19(16)23/h2-3,5-8,10,12,15,24H,4,9,11,13-14H2,1H3. The molecule has 7 heteroatoms. The van der Waals surface area contributed by atoms with Gasteiger partial charge in [0.05, 0.1) is 13.4 Å². The van der Waals surface area contributed by atoms with Crippen LogP contribution in [-0.4, -0.2) is 23.2 Å². The maximum absolute atomic E-state index is 6.26. The zero-order chi connectivity index (χ0) is 19.8. The highest BCUT2D eigenvalue weighted by atomic mass is 79.9. The van der Waals surface area contributed by atoms with Crippen molar-refractivity contribution in [2.75, 3.05) is 13.7 Å². The van der Waals surface area contributed by atoms with Crippen LogP contribution in [0.3, 0.4) is 0 Å². The number of halogens is 2. The van der Waals surface area contributed by atoms with Crippen LogP contribution in [0.5, 0.6) is 11.5 Å². The Kier molecular flexibility index (Phi) is 7.77. The molecule has 0 saturated carbocycles. The maximum atomic E-state index is 6.26. The second-order valence-electron chi connectivity index (χ2n) is 6.27. The third kappa shape index (κ3) is 5.50. The van der Waals surface area contributed by atoms with Gasteiger partial charge in [-0.3, -0.25) is 0 Å². The molecule has 3 aromatic rings. The minimum absolute atomic E-state index is 0.375. The number of nitrogens with zero attached hydrogens (tertiary/aromatic N) is 2. The molecule has 148 valence electrons. The zero-order valence-corrected chi connectivity index (χ0v) is 18.0. The first-order chi connectivity index (χ1) is 13.7. The lowest BCUT2D eigenvalue weighted by molar-refractivity contribution is 0.280. The minimum Gasteiger partial charge on any atom is -0.493 e. The second-order valence-corrected chi connectivity index (χ2v) is 7.53. The molecular formula is C21H23BrClN3O2. The Morgan fingerprint density at radius 2 is 2.07 bits per heavy atom. The van der Waals surface area contributed by atoms with Gasteiger partial charge in [0.2, 0.25) is 0 Å². The lowest BCUT2D eigenvalue weighted by atomic mass is 10.1. The minimum atomic E-state index is 0.375. The highest BCUT2D eigenvalue weighted by molar-refractivity contribution is 9.10. The summed E-state index contributed by atoms with van der Waals surface area (Å²) in [6.45, 7) is 2.85. The molecule has 0 aliphatic carbocycles. The van der Waals surface area contributed by atoms with Crippen LogP contribution in [-0.2, 0) is 19.7 Å². The van der Waals surface area contributed by atoms with Crippen LogP contribution in [0, 0.1) is 0 Å². The van der Waals surface area contributed by atoms with E-state index in [1.807, 2.05) is 48.9 Å². The molecule has 0 fully saturated rings. The van der Waals surface area contributed by atoms with Gasteiger partial charge in [0.1, 0.15) is 6.61 Å². The van der Waals surface area contributed by atoms with Crippen molar-refractivity contribution >= 4 is 27.5 Å². The van der Waals surface area contributed by atoms with Gasteiger partial charge >= 0.3 is 0 Å². The van der Waals surface area contributed by atoms with Crippen molar-refractivity contribution in [2.24, 2.45) is 0 Å². The van der Waals surface area contributed by atoms with Gasteiger partial charge in [-0.1, -0.05) is 45.7 Å². The Morgan fingerprint density at radius 3 is 2.82 bits per heavy atom. The second kappa shape index (κ2) is 10.5. The molecule has 0 amide bonds. The monoisotopic (exact) mass is 463 g/mol. The third-order valence-corrected chi connectivity index (χ3v) is 5.46. The molecule has 0 saturated heterocycles. The first-order valence-corrected chi connectivity index (χ1v) is 10.2. The Balaban J connectivity index is 1.64. The van der Waals surface area contributed by atoms with Crippen molar-refractivity contribution in [1.82, 2.24) is 14.9 Å². The van der Waals surface area contributed by atoms with Gasteiger partial charge < -0.3 is 19.4 Å². The van der Waals surface area contributed by atoms with Gasteiger partial charge in [-0.15, -0.1) is 0 Å². The van der Waals surface area contributed by atoms with Crippen LogP contribution in [0.25, 0.3) is 0 Å². The van der Waals surface area contributed by atoms with E-state index in [2.05, 4.69) is 30.8 Å². The van der Waals surface area contributed by atoms with Crippen LogP contribution < -0.4 is 14.8 Å². The quantitative estimate of drug-likeness (QED) is 0.426. The van der Waals surface area contributed by atoms with Gasteiger partial charge in [0.15, 0.2) is 11.5 Å². The van der Waals surface area contributed by atoms with Crippen molar-refractivity contribution in [3.63, 3.8) is 0 Å².